The summed E-state index contributed by atoms with van der Waals surface area (Å²) in [6.45, 7) is 6.40. The van der Waals surface area contributed by atoms with Crippen molar-refractivity contribution in [3.05, 3.63) is 68.3 Å². The number of benzene rings is 2. The molecule has 0 atom stereocenters. The van der Waals surface area contributed by atoms with E-state index in [0.29, 0.717) is 16.5 Å². The minimum absolute atomic E-state index is 0.00704. The van der Waals surface area contributed by atoms with Crippen molar-refractivity contribution < 1.29 is 31.6 Å². The third-order valence-electron chi connectivity index (χ3n) is 5.55. The number of carbonyl (C=O) groups excluding carboxylic acids is 2. The van der Waals surface area contributed by atoms with Crippen molar-refractivity contribution in [3.63, 3.8) is 0 Å². The predicted molar refractivity (Wildman–Crippen MR) is 139 cm³/mol. The fraction of sp³-hybridized carbons (Fsp3) is 0.320. The molecule has 2 amide bonds. The Balaban J connectivity index is 1.96. The number of carbonyl (C=O) groups is 2. The molecule has 0 fully saturated rings. The molecule has 0 bridgehead atoms. The summed E-state index contributed by atoms with van der Waals surface area (Å²) in [5.74, 6) is -1.65. The number of hydrogen-bond donors (Lipinski definition) is 2. The van der Waals surface area contributed by atoms with Crippen LogP contribution in [-0.4, -0.2) is 39.4 Å². The summed E-state index contributed by atoms with van der Waals surface area (Å²) in [6, 6.07) is 6.18. The third-order valence-corrected chi connectivity index (χ3v) is 7.11. The first-order valence-corrected chi connectivity index (χ1v) is 13.1. The second kappa shape index (κ2) is 10.7. The minimum Gasteiger partial charge on any atom is -0.422 e. The number of hydrazine groups is 1. The Morgan fingerprint density at radius 2 is 1.82 bits per heavy atom. The lowest BCUT2D eigenvalue weighted by atomic mass is 9.96. The van der Waals surface area contributed by atoms with Crippen LogP contribution in [0.1, 0.15) is 37.5 Å². The van der Waals surface area contributed by atoms with Crippen molar-refractivity contribution in [2.24, 2.45) is 5.41 Å². The molecule has 3 rings (SSSR count). The Labute approximate surface area is 223 Å². The van der Waals surface area contributed by atoms with Crippen LogP contribution in [0, 0.1) is 18.2 Å². The number of nitrogens with one attached hydrogen (secondary N) is 2. The zero-order valence-electron chi connectivity index (χ0n) is 21.6. The van der Waals surface area contributed by atoms with Gasteiger partial charge in [-0.3, -0.25) is 10.2 Å². The average molecular weight is 568 g/mol. The molecule has 0 spiro atoms. The van der Waals surface area contributed by atoms with E-state index >= 15 is 0 Å². The highest BCUT2D eigenvalue weighted by Crippen LogP contribution is 2.33. The molecule has 0 aliphatic carbocycles. The van der Waals surface area contributed by atoms with Crippen LogP contribution in [-0.2, 0) is 21.2 Å². The average Bonchev–Trinajstić information content (AvgIpc) is 2.81. The zero-order chi connectivity index (χ0) is 28.6. The van der Waals surface area contributed by atoms with Gasteiger partial charge in [-0.2, -0.15) is 0 Å². The number of rotatable bonds is 6. The Hall–Kier alpha value is -3.48. The number of fused-ring (bicyclic) bond motifs is 1. The molecular formula is C25H27ClFN3O7S. The van der Waals surface area contributed by atoms with Crippen LogP contribution in [0.3, 0.4) is 0 Å². The van der Waals surface area contributed by atoms with E-state index in [0.717, 1.165) is 12.1 Å². The quantitative estimate of drug-likeness (QED) is 0.341. The van der Waals surface area contributed by atoms with E-state index in [1.54, 1.807) is 27.7 Å². The van der Waals surface area contributed by atoms with Gasteiger partial charge in [-0.05, 0) is 36.2 Å². The standard InChI is InChI=1S/C25H27ClFN3O7S/c1-13-15-11-17(26)20(37-24(33)30(5)6)12-19(15)36-22(31)16(13)9-14-7-8-18(27)21(10-14)38(34,35)29-28-23(32)25(2,3)4/h7-8,10-12,29H,9H2,1-6H3,(H,28,32). The maximum Gasteiger partial charge on any atom is 0.414 e. The number of amides is 2. The smallest absolute Gasteiger partial charge is 0.414 e. The minimum atomic E-state index is -4.46. The summed E-state index contributed by atoms with van der Waals surface area (Å²) in [5, 5.41) is 0.574. The van der Waals surface area contributed by atoms with Gasteiger partial charge in [0.1, 0.15) is 16.3 Å². The molecule has 0 saturated heterocycles. The van der Waals surface area contributed by atoms with Crippen LogP contribution < -0.4 is 20.6 Å². The summed E-state index contributed by atoms with van der Waals surface area (Å²) in [7, 11) is -1.47. The summed E-state index contributed by atoms with van der Waals surface area (Å²) in [6.07, 6.45) is -0.757. The molecule has 2 N–H and O–H groups in total. The van der Waals surface area contributed by atoms with Crippen LogP contribution in [0.4, 0.5) is 9.18 Å². The number of halogens is 2. The van der Waals surface area contributed by atoms with Gasteiger partial charge in [-0.25, -0.2) is 22.4 Å². The second-order valence-electron chi connectivity index (χ2n) is 9.79. The first kappa shape index (κ1) is 29.1. The summed E-state index contributed by atoms with van der Waals surface area (Å²) in [5.41, 5.74) is 1.58. The molecule has 0 saturated carbocycles. The molecule has 2 aromatic carbocycles. The molecule has 38 heavy (non-hydrogen) atoms. The van der Waals surface area contributed by atoms with Crippen LogP contribution in [0.25, 0.3) is 11.0 Å². The number of nitrogens with zero attached hydrogens (tertiary/aromatic N) is 1. The van der Waals surface area contributed by atoms with E-state index in [1.165, 1.54) is 37.2 Å². The summed E-state index contributed by atoms with van der Waals surface area (Å²) >= 11 is 6.28. The van der Waals surface area contributed by atoms with Gasteiger partial charge in [-0.15, -0.1) is 4.83 Å². The monoisotopic (exact) mass is 567 g/mol. The molecule has 0 unspecified atom stereocenters. The van der Waals surface area contributed by atoms with Crippen molar-refractivity contribution >= 4 is 44.6 Å². The topological polar surface area (TPSA) is 135 Å². The maximum absolute atomic E-state index is 14.5. The van der Waals surface area contributed by atoms with E-state index in [1.807, 2.05) is 4.83 Å². The second-order valence-corrected chi connectivity index (χ2v) is 11.8. The van der Waals surface area contributed by atoms with E-state index < -0.39 is 43.8 Å². The third kappa shape index (κ3) is 6.32. The fourth-order valence-electron chi connectivity index (χ4n) is 3.28. The fourth-order valence-corrected chi connectivity index (χ4v) is 4.45. The lowest BCUT2D eigenvalue weighted by Crippen LogP contribution is -2.46. The van der Waals surface area contributed by atoms with E-state index in [4.69, 9.17) is 20.8 Å². The highest BCUT2D eigenvalue weighted by molar-refractivity contribution is 7.89. The highest BCUT2D eigenvalue weighted by atomic mass is 35.5. The normalized spacial score (nSPS) is 11.9. The Morgan fingerprint density at radius 1 is 1.16 bits per heavy atom. The van der Waals surface area contributed by atoms with Crippen molar-refractivity contribution in [1.82, 2.24) is 15.2 Å². The van der Waals surface area contributed by atoms with Gasteiger partial charge in [0.15, 0.2) is 5.75 Å². The van der Waals surface area contributed by atoms with Crippen LogP contribution in [0.15, 0.2) is 44.4 Å². The number of sulfonamides is 1. The Morgan fingerprint density at radius 3 is 2.42 bits per heavy atom. The van der Waals surface area contributed by atoms with Crippen molar-refractivity contribution in [1.29, 1.82) is 0 Å². The molecule has 0 aliphatic rings. The molecule has 1 heterocycles. The lowest BCUT2D eigenvalue weighted by molar-refractivity contribution is -0.129. The summed E-state index contributed by atoms with van der Waals surface area (Å²) in [4.78, 5) is 39.1. The Kier molecular flexibility index (Phi) is 8.20. The van der Waals surface area contributed by atoms with Crippen LogP contribution >= 0.6 is 11.6 Å². The van der Waals surface area contributed by atoms with Gasteiger partial charge in [0.2, 0.25) is 5.91 Å². The number of ether oxygens (including phenoxy) is 1. The number of hydrogen-bond acceptors (Lipinski definition) is 7. The van der Waals surface area contributed by atoms with Gasteiger partial charge in [0, 0.05) is 42.9 Å². The molecule has 13 heteroatoms. The molecule has 1 aromatic heterocycles. The molecule has 10 nitrogen and oxygen atoms in total. The molecule has 204 valence electrons. The molecule has 3 aromatic rings. The molecular weight excluding hydrogens is 541 g/mol. The van der Waals surface area contributed by atoms with Crippen molar-refractivity contribution in [3.8, 4) is 5.75 Å². The van der Waals surface area contributed by atoms with Gasteiger partial charge in [0.05, 0.1) is 5.02 Å². The first-order valence-electron chi connectivity index (χ1n) is 11.3. The van der Waals surface area contributed by atoms with Crippen molar-refractivity contribution in [2.45, 2.75) is 39.0 Å². The highest BCUT2D eigenvalue weighted by Gasteiger charge is 2.26. The van der Waals surface area contributed by atoms with Gasteiger partial charge >= 0.3 is 11.7 Å². The lowest BCUT2D eigenvalue weighted by Gasteiger charge is -2.18. The van der Waals surface area contributed by atoms with E-state index in [-0.39, 0.29) is 28.3 Å². The Bertz CT molecular complexity index is 1600. The summed E-state index contributed by atoms with van der Waals surface area (Å²) < 4.78 is 50.5. The number of aryl methyl sites for hydroxylation is 1. The first-order chi connectivity index (χ1) is 17.5. The van der Waals surface area contributed by atoms with E-state index in [2.05, 4.69) is 5.43 Å². The van der Waals surface area contributed by atoms with Crippen LogP contribution in [0.5, 0.6) is 5.75 Å². The SMILES string of the molecule is Cc1c(Cc2ccc(F)c(S(=O)(=O)NNC(=O)C(C)(C)C)c2)c(=O)oc2cc(OC(=O)N(C)C)c(Cl)cc12. The van der Waals surface area contributed by atoms with E-state index in [9.17, 15) is 27.2 Å². The van der Waals surface area contributed by atoms with Crippen molar-refractivity contribution in [2.75, 3.05) is 14.1 Å². The predicted octanol–water partition coefficient (Wildman–Crippen LogP) is 3.90. The van der Waals surface area contributed by atoms with Gasteiger partial charge in [-0.1, -0.05) is 38.4 Å². The van der Waals surface area contributed by atoms with Gasteiger partial charge < -0.3 is 14.1 Å². The maximum atomic E-state index is 14.5. The largest absolute Gasteiger partial charge is 0.422 e. The van der Waals surface area contributed by atoms with Gasteiger partial charge in [0.25, 0.3) is 10.0 Å². The zero-order valence-corrected chi connectivity index (χ0v) is 23.1. The molecule has 0 radical (unpaired) electrons. The molecule has 0 aliphatic heterocycles. The van der Waals surface area contributed by atoms with Crippen LogP contribution in [0.2, 0.25) is 5.02 Å².